The SMILES string of the molecule is COC(=O)NCCC(=O)Pc1ncc(-c2ccc3c(c2)sc2cc(-c4ccc5nc(PC(=O)CCNC(=O)OC)[nH]c5c4)ccc23)[nH]1. The van der Waals surface area contributed by atoms with Crippen LogP contribution >= 0.6 is 28.5 Å². The molecular weight excluding hydrogens is 658 g/mol. The second-order valence-corrected chi connectivity index (χ2v) is 14.1. The van der Waals surface area contributed by atoms with Crippen LogP contribution in [0.1, 0.15) is 12.8 Å². The van der Waals surface area contributed by atoms with Crippen LogP contribution in [0.25, 0.3) is 53.6 Å². The molecule has 3 aromatic heterocycles. The summed E-state index contributed by atoms with van der Waals surface area (Å²) in [7, 11) is 2.29. The van der Waals surface area contributed by atoms with E-state index < -0.39 is 12.2 Å². The Morgan fingerprint density at radius 1 is 0.745 bits per heavy atom. The highest BCUT2D eigenvalue weighted by Crippen LogP contribution is 2.38. The van der Waals surface area contributed by atoms with Crippen molar-refractivity contribution in [3.63, 3.8) is 0 Å². The second kappa shape index (κ2) is 14.4. The molecule has 47 heavy (non-hydrogen) atoms. The number of fused-ring (bicyclic) bond motifs is 4. The van der Waals surface area contributed by atoms with Crippen molar-refractivity contribution >= 4 is 94.1 Å². The summed E-state index contributed by atoms with van der Waals surface area (Å²) >= 11 is 1.71. The van der Waals surface area contributed by atoms with E-state index in [0.29, 0.717) is 11.1 Å². The topological polar surface area (TPSA) is 168 Å². The summed E-state index contributed by atoms with van der Waals surface area (Å²) in [5.74, 6) is 0. The molecule has 0 saturated carbocycles. The first-order valence-corrected chi connectivity index (χ1v) is 17.4. The number of methoxy groups -OCH3 is 2. The summed E-state index contributed by atoms with van der Waals surface area (Å²) < 4.78 is 11.3. The van der Waals surface area contributed by atoms with Gasteiger partial charge >= 0.3 is 12.2 Å². The summed E-state index contributed by atoms with van der Waals surface area (Å²) in [4.78, 5) is 62.6. The highest BCUT2D eigenvalue weighted by Gasteiger charge is 2.14. The number of nitrogens with one attached hydrogen (secondary N) is 4. The summed E-state index contributed by atoms with van der Waals surface area (Å²) in [5, 5.41) is 7.36. The summed E-state index contributed by atoms with van der Waals surface area (Å²) in [6, 6.07) is 18.8. The van der Waals surface area contributed by atoms with Crippen LogP contribution in [-0.4, -0.2) is 70.5 Å². The van der Waals surface area contributed by atoms with Crippen molar-refractivity contribution in [3.8, 4) is 22.4 Å². The van der Waals surface area contributed by atoms with Crippen molar-refractivity contribution < 1.29 is 28.7 Å². The minimum atomic E-state index is -0.560. The van der Waals surface area contributed by atoms with Crippen molar-refractivity contribution in [2.75, 3.05) is 27.3 Å². The molecule has 0 aliphatic rings. The van der Waals surface area contributed by atoms with E-state index in [1.54, 1.807) is 17.5 Å². The molecule has 3 heterocycles. The lowest BCUT2D eigenvalue weighted by Crippen LogP contribution is -2.25. The Labute approximate surface area is 276 Å². The van der Waals surface area contributed by atoms with Gasteiger partial charge in [0.15, 0.2) is 11.0 Å². The number of benzene rings is 3. The van der Waals surface area contributed by atoms with E-state index >= 15 is 0 Å². The van der Waals surface area contributed by atoms with Crippen LogP contribution in [0.3, 0.4) is 0 Å². The molecule has 15 heteroatoms. The van der Waals surface area contributed by atoms with Crippen LogP contribution in [0.2, 0.25) is 0 Å². The summed E-state index contributed by atoms with van der Waals surface area (Å²) in [5.41, 5.74) is 6.75. The number of rotatable bonds is 12. The van der Waals surface area contributed by atoms with Gasteiger partial charge in [0.2, 0.25) is 0 Å². The van der Waals surface area contributed by atoms with Gasteiger partial charge in [-0.1, -0.05) is 30.3 Å². The van der Waals surface area contributed by atoms with Gasteiger partial charge in [0, 0.05) is 68.8 Å². The molecule has 0 aliphatic carbocycles. The van der Waals surface area contributed by atoms with Gasteiger partial charge in [-0.25, -0.2) is 19.6 Å². The molecule has 0 aliphatic heterocycles. The highest BCUT2D eigenvalue weighted by molar-refractivity contribution is 7.65. The molecule has 6 aromatic rings. The van der Waals surface area contributed by atoms with E-state index in [2.05, 4.69) is 76.4 Å². The van der Waals surface area contributed by atoms with Crippen LogP contribution in [0.15, 0.2) is 60.8 Å². The largest absolute Gasteiger partial charge is 0.453 e. The average molecular weight is 689 g/mol. The Balaban J connectivity index is 1.15. The molecular formula is C32H30N6O6P2S. The number of carbonyl (C=O) groups is 4. The molecule has 0 fully saturated rings. The number of amides is 2. The van der Waals surface area contributed by atoms with Crippen LogP contribution in [0.5, 0.6) is 0 Å². The monoisotopic (exact) mass is 688 g/mol. The van der Waals surface area contributed by atoms with Gasteiger partial charge in [-0.05, 0) is 35.4 Å². The van der Waals surface area contributed by atoms with Crippen molar-refractivity contribution in [2.24, 2.45) is 0 Å². The Hall–Kier alpha value is -4.70. The first-order valence-electron chi connectivity index (χ1n) is 14.5. The number of hydrogen-bond acceptors (Lipinski definition) is 9. The van der Waals surface area contributed by atoms with Crippen LogP contribution in [0.4, 0.5) is 9.59 Å². The average Bonchev–Trinajstić information content (AvgIpc) is 3.79. The smallest absolute Gasteiger partial charge is 0.406 e. The fraction of sp³-hybridized carbons (Fsp3) is 0.188. The fourth-order valence-corrected chi connectivity index (χ4v) is 7.91. The third-order valence-electron chi connectivity index (χ3n) is 7.30. The van der Waals surface area contributed by atoms with Gasteiger partial charge < -0.3 is 30.1 Å². The Kier molecular flexibility index (Phi) is 9.87. The third-order valence-corrected chi connectivity index (χ3v) is 10.4. The first-order chi connectivity index (χ1) is 22.8. The zero-order valence-corrected chi connectivity index (χ0v) is 28.2. The van der Waals surface area contributed by atoms with E-state index in [-0.39, 0.29) is 54.1 Å². The number of ether oxygens (including phenoxy) is 2. The van der Waals surface area contributed by atoms with Crippen molar-refractivity contribution in [2.45, 2.75) is 12.8 Å². The number of nitrogens with zero attached hydrogens (tertiary/aromatic N) is 2. The first kappa shape index (κ1) is 32.2. The normalized spacial score (nSPS) is 11.7. The molecule has 0 saturated heterocycles. The molecule has 0 spiro atoms. The molecule has 0 bridgehead atoms. The maximum absolute atomic E-state index is 12.4. The number of thiophene rings is 1. The lowest BCUT2D eigenvalue weighted by molar-refractivity contribution is -0.111. The predicted octanol–water partition coefficient (Wildman–Crippen LogP) is 5.14. The van der Waals surface area contributed by atoms with Crippen LogP contribution < -0.4 is 21.8 Å². The maximum Gasteiger partial charge on any atom is 0.406 e. The Morgan fingerprint density at radius 3 is 1.98 bits per heavy atom. The number of carbonyl (C=O) groups excluding carboxylic acids is 4. The number of imidazole rings is 2. The number of aromatic nitrogens is 4. The zero-order valence-electron chi connectivity index (χ0n) is 25.4. The number of alkyl carbamates (subject to hydrolysis) is 2. The van der Waals surface area contributed by atoms with E-state index in [9.17, 15) is 19.2 Å². The van der Waals surface area contributed by atoms with Crippen LogP contribution in [0, 0.1) is 0 Å². The van der Waals surface area contributed by atoms with Gasteiger partial charge in [0.1, 0.15) is 11.1 Å². The predicted molar refractivity (Wildman–Crippen MR) is 188 cm³/mol. The van der Waals surface area contributed by atoms with Crippen molar-refractivity contribution in [1.82, 2.24) is 30.6 Å². The molecule has 4 N–H and O–H groups in total. The van der Waals surface area contributed by atoms with Gasteiger partial charge in [0.25, 0.3) is 0 Å². The Bertz CT molecular complexity index is 2140. The molecule has 3 aromatic carbocycles. The minimum absolute atomic E-state index is 0.00987. The fourth-order valence-electron chi connectivity index (χ4n) is 4.99. The van der Waals surface area contributed by atoms with Gasteiger partial charge in [-0.15, -0.1) is 11.3 Å². The summed E-state index contributed by atoms with van der Waals surface area (Å²) in [6.07, 6.45) is 1.03. The molecule has 2 unspecified atom stereocenters. The molecule has 6 rings (SSSR count). The molecule has 2 atom stereocenters. The number of aromatic amines is 2. The molecule has 12 nitrogen and oxygen atoms in total. The number of hydrogen-bond donors (Lipinski definition) is 4. The lowest BCUT2D eigenvalue weighted by Gasteiger charge is -2.03. The van der Waals surface area contributed by atoms with Gasteiger partial charge in [0.05, 0.1) is 37.1 Å². The van der Waals surface area contributed by atoms with Crippen molar-refractivity contribution in [3.05, 3.63) is 60.8 Å². The van der Waals surface area contributed by atoms with Crippen molar-refractivity contribution in [1.29, 1.82) is 0 Å². The molecule has 2 amide bonds. The second-order valence-electron chi connectivity index (χ2n) is 10.4. The standard InChI is InChI=1S/C32H30N6O6P2S/c1-43-31(41)33-11-9-27(39)45-29-35-16-24(38-29)19-4-7-21-20-6-3-18(14-25(20)47-26(21)15-19)17-5-8-22-23(13-17)37-30(36-22)46-28(40)10-12-34-32(42)44-2/h3-8,13-16,45-46H,9-12H2,1-2H3,(H,33,41)(H,34,42)(H,35,38)(H,36,37). The highest BCUT2D eigenvalue weighted by atomic mass is 32.1. The van der Waals surface area contributed by atoms with E-state index in [1.807, 2.05) is 18.2 Å². The van der Waals surface area contributed by atoms with E-state index in [4.69, 9.17) is 0 Å². The zero-order chi connectivity index (χ0) is 32.9. The molecule has 0 radical (unpaired) electrons. The quantitative estimate of drug-likeness (QED) is 0.128. The van der Waals surface area contributed by atoms with E-state index in [1.165, 1.54) is 19.6 Å². The van der Waals surface area contributed by atoms with E-state index in [0.717, 1.165) is 48.2 Å². The van der Waals surface area contributed by atoms with Gasteiger partial charge in [-0.2, -0.15) is 0 Å². The maximum atomic E-state index is 12.4. The van der Waals surface area contributed by atoms with Crippen LogP contribution in [-0.2, 0) is 19.1 Å². The molecule has 240 valence electrons. The lowest BCUT2D eigenvalue weighted by atomic mass is 10.0. The Morgan fingerprint density at radius 2 is 1.32 bits per heavy atom. The number of H-pyrrole nitrogens is 2. The minimum Gasteiger partial charge on any atom is -0.453 e. The third kappa shape index (κ3) is 7.65. The summed E-state index contributed by atoms with van der Waals surface area (Å²) in [6.45, 7) is 0.439. The van der Waals surface area contributed by atoms with Gasteiger partial charge in [-0.3, -0.25) is 9.59 Å².